The second-order valence-electron chi connectivity index (χ2n) is 12.4. The van der Waals surface area contributed by atoms with Gasteiger partial charge in [-0.3, -0.25) is 14.6 Å². The second-order valence-corrected chi connectivity index (χ2v) is 12.8. The highest BCUT2D eigenvalue weighted by atomic mass is 35.5. The summed E-state index contributed by atoms with van der Waals surface area (Å²) >= 11 is 6.14. The summed E-state index contributed by atoms with van der Waals surface area (Å²) in [5.41, 5.74) is -4.43. The molecule has 10 nitrogen and oxygen atoms in total. The topological polar surface area (TPSA) is 105 Å². The first-order valence-electron chi connectivity index (χ1n) is 15.4. The molecule has 3 fully saturated rings. The lowest BCUT2D eigenvalue weighted by Crippen LogP contribution is -2.57. The predicted octanol–water partition coefficient (Wildman–Crippen LogP) is 5.74. The van der Waals surface area contributed by atoms with Crippen molar-refractivity contribution in [3.8, 4) is 17.6 Å². The molecule has 3 heterocycles. The third-order valence-corrected chi connectivity index (χ3v) is 9.36. The second kappa shape index (κ2) is 11.6. The average molecular weight is 689 g/mol. The molecule has 0 spiro atoms. The SMILES string of the molecule is COc1c(N2CCN(CN3C(=O)O[C@](C#CC4CC4)(C(F)(F)F)c4cc(Cl)ccc43)CC2)c(F)cc2c(=O)c(C(=O)O)cn(C3CC3)c12. The molecule has 252 valence electrons. The molecule has 1 atom stereocenters. The number of halogens is 5. The molecule has 7 rings (SSSR count). The molecule has 4 aliphatic rings. The molecular weight excluding hydrogens is 660 g/mol. The first-order valence-corrected chi connectivity index (χ1v) is 15.8. The van der Waals surface area contributed by atoms with Crippen molar-refractivity contribution in [1.82, 2.24) is 9.47 Å². The van der Waals surface area contributed by atoms with Gasteiger partial charge in [0.2, 0.25) is 5.43 Å². The van der Waals surface area contributed by atoms with Gasteiger partial charge in [-0.2, -0.15) is 13.2 Å². The van der Waals surface area contributed by atoms with Crippen LogP contribution in [0.15, 0.2) is 35.3 Å². The zero-order valence-corrected chi connectivity index (χ0v) is 26.3. The van der Waals surface area contributed by atoms with Crippen LogP contribution < -0.4 is 20.0 Å². The fourth-order valence-electron chi connectivity index (χ4n) is 6.34. The number of carboxylic acids is 1. The number of rotatable bonds is 6. The summed E-state index contributed by atoms with van der Waals surface area (Å²) in [5.74, 6) is 2.58. The Morgan fingerprint density at radius 3 is 2.44 bits per heavy atom. The molecule has 15 heteroatoms. The van der Waals surface area contributed by atoms with Gasteiger partial charge in [0, 0.05) is 54.9 Å². The number of piperazine rings is 1. The molecule has 0 bridgehead atoms. The van der Waals surface area contributed by atoms with Crippen LogP contribution in [0.3, 0.4) is 0 Å². The van der Waals surface area contributed by atoms with Crippen LogP contribution in [-0.4, -0.2) is 72.8 Å². The molecule has 2 saturated carbocycles. The summed E-state index contributed by atoms with van der Waals surface area (Å²) in [6, 6.07) is 4.84. The number of hydrogen-bond acceptors (Lipinski definition) is 7. The summed E-state index contributed by atoms with van der Waals surface area (Å²) in [6.07, 6.45) is -2.10. The number of cyclic esters (lactones) is 1. The number of carboxylic acid groups (broad SMARTS) is 1. The molecule has 2 aliphatic carbocycles. The Labute approximate surface area is 276 Å². The van der Waals surface area contributed by atoms with E-state index in [9.17, 15) is 32.7 Å². The van der Waals surface area contributed by atoms with E-state index in [2.05, 4.69) is 11.8 Å². The molecule has 3 aromatic rings. The van der Waals surface area contributed by atoms with Crippen molar-refractivity contribution in [2.75, 3.05) is 49.8 Å². The van der Waals surface area contributed by atoms with E-state index in [1.807, 2.05) is 4.90 Å². The lowest BCUT2D eigenvalue weighted by Gasteiger charge is -2.43. The third-order valence-electron chi connectivity index (χ3n) is 9.12. The highest BCUT2D eigenvalue weighted by Gasteiger charge is 2.63. The quantitative estimate of drug-likeness (QED) is 0.258. The molecule has 48 heavy (non-hydrogen) atoms. The van der Waals surface area contributed by atoms with Crippen LogP contribution in [0, 0.1) is 23.6 Å². The van der Waals surface area contributed by atoms with Gasteiger partial charge in [0.05, 0.1) is 30.4 Å². The van der Waals surface area contributed by atoms with Gasteiger partial charge in [0.15, 0.2) is 11.6 Å². The third kappa shape index (κ3) is 5.38. The Hall–Kier alpha value is -4.48. The number of benzene rings is 2. The van der Waals surface area contributed by atoms with Crippen LogP contribution in [-0.2, 0) is 10.3 Å². The monoisotopic (exact) mass is 688 g/mol. The highest BCUT2D eigenvalue weighted by Crippen LogP contribution is 2.50. The van der Waals surface area contributed by atoms with E-state index in [1.165, 1.54) is 25.4 Å². The Morgan fingerprint density at radius 1 is 1.12 bits per heavy atom. The number of carbonyl (C=O) groups is 2. The Bertz CT molecular complexity index is 1970. The predicted molar refractivity (Wildman–Crippen MR) is 167 cm³/mol. The number of methoxy groups -OCH3 is 1. The molecule has 1 N–H and O–H groups in total. The van der Waals surface area contributed by atoms with Crippen LogP contribution in [0.25, 0.3) is 10.9 Å². The van der Waals surface area contributed by atoms with Gasteiger partial charge in [-0.15, -0.1) is 0 Å². The molecule has 0 unspecified atom stereocenters. The fourth-order valence-corrected chi connectivity index (χ4v) is 6.51. The maximum atomic E-state index is 15.8. The molecule has 0 radical (unpaired) electrons. The average Bonchev–Trinajstić information content (AvgIpc) is 3.96. The van der Waals surface area contributed by atoms with Gasteiger partial charge in [-0.1, -0.05) is 17.5 Å². The zero-order valence-electron chi connectivity index (χ0n) is 25.6. The number of ether oxygens (including phenoxy) is 2. The van der Waals surface area contributed by atoms with Gasteiger partial charge in [0.1, 0.15) is 11.3 Å². The van der Waals surface area contributed by atoms with E-state index in [0.29, 0.717) is 18.4 Å². The Balaban J connectivity index is 1.17. The van der Waals surface area contributed by atoms with Crippen molar-refractivity contribution in [2.45, 2.75) is 43.5 Å². The fraction of sp³-hybridized carbons (Fsp3) is 0.424. The van der Waals surface area contributed by atoms with E-state index < -0.39 is 40.6 Å². The van der Waals surface area contributed by atoms with Gasteiger partial charge < -0.3 is 24.0 Å². The van der Waals surface area contributed by atoms with Crippen molar-refractivity contribution in [3.63, 3.8) is 0 Å². The number of alkyl halides is 3. The normalized spacial score (nSPS) is 21.4. The summed E-state index contributed by atoms with van der Waals surface area (Å²) in [6.45, 7) is 0.881. The van der Waals surface area contributed by atoms with Crippen LogP contribution in [0.2, 0.25) is 5.02 Å². The lowest BCUT2D eigenvalue weighted by atomic mass is 9.89. The first kappa shape index (κ1) is 32.1. The van der Waals surface area contributed by atoms with Crippen LogP contribution in [0.5, 0.6) is 5.75 Å². The number of hydrogen-bond donors (Lipinski definition) is 1. The van der Waals surface area contributed by atoms with Crippen molar-refractivity contribution in [3.05, 3.63) is 62.7 Å². The number of fused-ring (bicyclic) bond motifs is 2. The molecular formula is C33H29ClF4N4O6. The molecule has 2 aliphatic heterocycles. The van der Waals surface area contributed by atoms with Crippen molar-refractivity contribution in [1.29, 1.82) is 0 Å². The highest BCUT2D eigenvalue weighted by molar-refractivity contribution is 6.30. The minimum atomic E-state index is -5.04. The first-order chi connectivity index (χ1) is 22.8. The largest absolute Gasteiger partial charge is 0.492 e. The maximum Gasteiger partial charge on any atom is 0.445 e. The minimum Gasteiger partial charge on any atom is -0.492 e. The van der Waals surface area contributed by atoms with E-state index >= 15 is 4.39 Å². The zero-order chi connectivity index (χ0) is 34.1. The van der Waals surface area contributed by atoms with Gasteiger partial charge in [-0.25, -0.2) is 14.0 Å². The van der Waals surface area contributed by atoms with E-state index in [0.717, 1.165) is 29.9 Å². The number of aromatic nitrogens is 1. The summed E-state index contributed by atoms with van der Waals surface area (Å²) in [5, 5.41) is 9.52. The molecule has 2 aromatic carbocycles. The standard InChI is InChI=1S/C33H29ClF4N4O6/c1-47-29-26-21(28(43)22(30(44)45)16-41(26)20-5-6-20)15-24(35)27(29)40-12-10-39(11-13-40)17-42-25-7-4-19(34)14-23(25)32(33(36,37)38,48-31(42)46)9-8-18-2-3-18/h4,7,14-16,18,20H,2-3,5-6,10-13,17H2,1H3,(H,44,45)/t32-/m0/s1. The molecule has 1 aromatic heterocycles. The van der Waals surface area contributed by atoms with E-state index in [-0.39, 0.29) is 77.9 Å². The van der Waals surface area contributed by atoms with Gasteiger partial charge in [0.25, 0.3) is 5.60 Å². The number of nitrogens with zero attached hydrogens (tertiary/aromatic N) is 4. The number of pyridine rings is 1. The molecule has 1 amide bonds. The summed E-state index contributed by atoms with van der Waals surface area (Å²) in [7, 11) is 1.35. The number of anilines is 2. The summed E-state index contributed by atoms with van der Waals surface area (Å²) < 4.78 is 72.2. The Morgan fingerprint density at radius 2 is 1.83 bits per heavy atom. The smallest absolute Gasteiger partial charge is 0.445 e. The number of amides is 1. The van der Waals surface area contributed by atoms with Crippen LogP contribution in [0.4, 0.5) is 33.7 Å². The van der Waals surface area contributed by atoms with E-state index in [1.54, 1.807) is 9.47 Å². The van der Waals surface area contributed by atoms with Gasteiger partial charge >= 0.3 is 18.2 Å². The minimum absolute atomic E-state index is 0.0264. The lowest BCUT2D eigenvalue weighted by molar-refractivity contribution is -0.240. The van der Waals surface area contributed by atoms with Crippen LogP contribution >= 0.6 is 11.6 Å². The van der Waals surface area contributed by atoms with Gasteiger partial charge in [-0.05, 0) is 55.9 Å². The van der Waals surface area contributed by atoms with E-state index in [4.69, 9.17) is 21.1 Å². The maximum absolute atomic E-state index is 15.8. The number of carbonyl (C=O) groups excluding carboxylic acids is 1. The van der Waals surface area contributed by atoms with Crippen molar-refractivity contribution >= 4 is 45.9 Å². The summed E-state index contributed by atoms with van der Waals surface area (Å²) in [4.78, 5) is 42.8. The van der Waals surface area contributed by atoms with Crippen molar-refractivity contribution < 1.29 is 41.7 Å². The number of aromatic carboxylic acids is 1. The Kier molecular flexibility index (Phi) is 7.75. The van der Waals surface area contributed by atoms with Crippen molar-refractivity contribution in [2.24, 2.45) is 5.92 Å². The molecule has 1 saturated heterocycles. The van der Waals surface area contributed by atoms with Crippen LogP contribution in [0.1, 0.15) is 47.6 Å².